The summed E-state index contributed by atoms with van der Waals surface area (Å²) in [6.45, 7) is 3.82. The van der Waals surface area contributed by atoms with Gasteiger partial charge in [0.05, 0.1) is 6.26 Å². The first-order chi connectivity index (χ1) is 9.47. The van der Waals surface area contributed by atoms with Crippen LogP contribution in [0.4, 0.5) is 0 Å². The van der Waals surface area contributed by atoms with Crippen LogP contribution in [0.3, 0.4) is 0 Å². The van der Waals surface area contributed by atoms with Crippen LogP contribution in [0.1, 0.15) is 12.0 Å². The van der Waals surface area contributed by atoms with Crippen LogP contribution in [0, 0.1) is 0 Å². The fraction of sp³-hybridized carbons (Fsp3) is 0.571. The first-order valence-corrected chi connectivity index (χ1v) is 9.10. The number of benzene rings is 1. The van der Waals surface area contributed by atoms with Gasteiger partial charge in [-0.3, -0.25) is 0 Å². The highest BCUT2D eigenvalue weighted by Gasteiger charge is 2.22. The number of hydrogen-bond donors (Lipinski definition) is 0. The molecular weight excluding hydrogens is 296 g/mol. The standard InChI is InChI=1S/C14H21ClN2O2S/c1-20(18,19)17-11-9-16(10-12-17)8-4-6-13-5-2-3-7-14(13)15/h2-3,5,7H,4,6,8-12H2,1H3. The van der Waals surface area contributed by atoms with Gasteiger partial charge in [0.25, 0.3) is 0 Å². The summed E-state index contributed by atoms with van der Waals surface area (Å²) in [5.74, 6) is 0. The van der Waals surface area contributed by atoms with Crippen LogP contribution in [-0.4, -0.2) is 56.6 Å². The zero-order chi connectivity index (χ0) is 14.6. The number of halogens is 1. The van der Waals surface area contributed by atoms with Crippen LogP contribution in [0.15, 0.2) is 24.3 Å². The number of aryl methyl sites for hydroxylation is 1. The van der Waals surface area contributed by atoms with Crippen molar-refractivity contribution in [2.45, 2.75) is 12.8 Å². The van der Waals surface area contributed by atoms with E-state index in [1.165, 1.54) is 11.8 Å². The highest BCUT2D eigenvalue weighted by Crippen LogP contribution is 2.17. The van der Waals surface area contributed by atoms with E-state index in [9.17, 15) is 8.42 Å². The number of sulfonamides is 1. The molecule has 4 nitrogen and oxygen atoms in total. The predicted octanol–water partition coefficient (Wildman–Crippen LogP) is 1.85. The molecule has 1 aromatic rings. The van der Waals surface area contributed by atoms with E-state index in [1.54, 1.807) is 4.31 Å². The monoisotopic (exact) mass is 316 g/mol. The van der Waals surface area contributed by atoms with Crippen molar-refractivity contribution in [3.8, 4) is 0 Å². The minimum Gasteiger partial charge on any atom is -0.301 e. The maximum atomic E-state index is 11.4. The van der Waals surface area contributed by atoms with E-state index in [0.717, 1.165) is 37.5 Å². The first-order valence-electron chi connectivity index (χ1n) is 6.88. The Morgan fingerprint density at radius 1 is 1.15 bits per heavy atom. The van der Waals surface area contributed by atoms with Gasteiger partial charge < -0.3 is 4.90 Å². The van der Waals surface area contributed by atoms with Crippen LogP contribution in [0.2, 0.25) is 5.02 Å². The molecule has 0 aliphatic carbocycles. The normalized spacial score (nSPS) is 18.3. The van der Waals surface area contributed by atoms with Crippen molar-refractivity contribution in [2.75, 3.05) is 39.0 Å². The minimum absolute atomic E-state index is 0.602. The Morgan fingerprint density at radius 3 is 2.40 bits per heavy atom. The van der Waals surface area contributed by atoms with Crippen molar-refractivity contribution < 1.29 is 8.42 Å². The average molecular weight is 317 g/mol. The van der Waals surface area contributed by atoms with Crippen molar-refractivity contribution in [2.24, 2.45) is 0 Å². The van der Waals surface area contributed by atoms with Crippen molar-refractivity contribution in [1.82, 2.24) is 9.21 Å². The summed E-state index contributed by atoms with van der Waals surface area (Å²) in [6, 6.07) is 7.92. The molecule has 112 valence electrons. The third-order valence-corrected chi connectivity index (χ3v) is 5.35. The molecule has 1 heterocycles. The van der Waals surface area contributed by atoms with Gasteiger partial charge in [-0.25, -0.2) is 8.42 Å². The molecule has 1 fully saturated rings. The molecule has 2 rings (SSSR count). The molecule has 0 atom stereocenters. The molecule has 0 aromatic heterocycles. The quantitative estimate of drug-likeness (QED) is 0.832. The molecule has 1 aliphatic heterocycles. The van der Waals surface area contributed by atoms with Crippen LogP contribution in [0.25, 0.3) is 0 Å². The van der Waals surface area contributed by atoms with Crippen LogP contribution < -0.4 is 0 Å². The van der Waals surface area contributed by atoms with E-state index in [4.69, 9.17) is 11.6 Å². The Kier molecular flexibility index (Phi) is 5.43. The lowest BCUT2D eigenvalue weighted by atomic mass is 10.1. The second kappa shape index (κ2) is 6.89. The topological polar surface area (TPSA) is 40.6 Å². The fourth-order valence-electron chi connectivity index (χ4n) is 2.48. The number of piperazine rings is 1. The van der Waals surface area contributed by atoms with Crippen LogP contribution >= 0.6 is 11.6 Å². The molecule has 0 amide bonds. The molecule has 6 heteroatoms. The zero-order valence-corrected chi connectivity index (χ0v) is 13.3. The molecule has 0 radical (unpaired) electrons. The lowest BCUT2D eigenvalue weighted by Gasteiger charge is -2.33. The highest BCUT2D eigenvalue weighted by molar-refractivity contribution is 7.88. The van der Waals surface area contributed by atoms with Crippen molar-refractivity contribution in [3.05, 3.63) is 34.9 Å². The van der Waals surface area contributed by atoms with Crippen molar-refractivity contribution in [1.29, 1.82) is 0 Å². The number of rotatable bonds is 5. The van der Waals surface area contributed by atoms with E-state index < -0.39 is 10.0 Å². The lowest BCUT2D eigenvalue weighted by molar-refractivity contribution is 0.187. The third-order valence-electron chi connectivity index (χ3n) is 3.68. The Labute approximate surface area is 126 Å². The van der Waals surface area contributed by atoms with E-state index in [-0.39, 0.29) is 0 Å². The molecule has 1 saturated heterocycles. The highest BCUT2D eigenvalue weighted by atomic mass is 35.5. The lowest BCUT2D eigenvalue weighted by Crippen LogP contribution is -2.48. The van der Waals surface area contributed by atoms with Gasteiger partial charge in [0.15, 0.2) is 0 Å². The van der Waals surface area contributed by atoms with Gasteiger partial charge in [0.1, 0.15) is 0 Å². The molecule has 1 aliphatic rings. The Balaban J connectivity index is 1.73. The molecule has 1 aromatic carbocycles. The molecule has 0 saturated carbocycles. The van der Waals surface area contributed by atoms with E-state index >= 15 is 0 Å². The molecule has 0 unspecified atom stereocenters. The molecular formula is C14H21ClN2O2S. The van der Waals surface area contributed by atoms with Crippen molar-refractivity contribution >= 4 is 21.6 Å². The molecule has 0 spiro atoms. The summed E-state index contributed by atoms with van der Waals surface area (Å²) in [5, 5.41) is 0.828. The van der Waals surface area contributed by atoms with Gasteiger partial charge in [-0.05, 0) is 31.0 Å². The van der Waals surface area contributed by atoms with Crippen molar-refractivity contribution in [3.63, 3.8) is 0 Å². The average Bonchev–Trinajstić information content (AvgIpc) is 2.40. The number of hydrogen-bond acceptors (Lipinski definition) is 3. The predicted molar refractivity (Wildman–Crippen MR) is 82.6 cm³/mol. The fourth-order valence-corrected chi connectivity index (χ4v) is 3.54. The van der Waals surface area contributed by atoms with Gasteiger partial charge in [-0.15, -0.1) is 0 Å². The van der Waals surface area contributed by atoms with Gasteiger partial charge in [-0.2, -0.15) is 4.31 Å². The summed E-state index contributed by atoms with van der Waals surface area (Å²) < 4.78 is 24.4. The summed E-state index contributed by atoms with van der Waals surface area (Å²) in [7, 11) is -3.03. The van der Waals surface area contributed by atoms with Gasteiger partial charge in [0.2, 0.25) is 10.0 Å². The van der Waals surface area contributed by atoms with E-state index in [0.29, 0.717) is 13.1 Å². The summed E-state index contributed by atoms with van der Waals surface area (Å²) in [4.78, 5) is 2.32. The van der Waals surface area contributed by atoms with Gasteiger partial charge >= 0.3 is 0 Å². The second-order valence-corrected chi connectivity index (χ2v) is 7.59. The van der Waals surface area contributed by atoms with E-state index in [2.05, 4.69) is 11.0 Å². The SMILES string of the molecule is CS(=O)(=O)N1CCN(CCCc2ccccc2Cl)CC1. The number of nitrogens with zero attached hydrogens (tertiary/aromatic N) is 2. The molecule has 0 N–H and O–H groups in total. The Bertz CT molecular complexity index is 540. The summed E-state index contributed by atoms with van der Waals surface area (Å²) in [6.07, 6.45) is 3.29. The Morgan fingerprint density at radius 2 is 1.80 bits per heavy atom. The molecule has 20 heavy (non-hydrogen) atoms. The second-order valence-electron chi connectivity index (χ2n) is 5.20. The van der Waals surface area contributed by atoms with Crippen LogP contribution in [-0.2, 0) is 16.4 Å². The Hall–Kier alpha value is -0.620. The third kappa shape index (κ3) is 4.45. The zero-order valence-electron chi connectivity index (χ0n) is 11.8. The summed E-state index contributed by atoms with van der Waals surface area (Å²) >= 11 is 6.13. The molecule has 0 bridgehead atoms. The smallest absolute Gasteiger partial charge is 0.211 e. The van der Waals surface area contributed by atoms with Gasteiger partial charge in [-0.1, -0.05) is 29.8 Å². The van der Waals surface area contributed by atoms with Crippen LogP contribution in [0.5, 0.6) is 0 Å². The van der Waals surface area contributed by atoms with Gasteiger partial charge in [0, 0.05) is 31.2 Å². The first kappa shape index (κ1) is 15.8. The maximum absolute atomic E-state index is 11.4. The summed E-state index contributed by atoms with van der Waals surface area (Å²) in [5.41, 5.74) is 1.18. The minimum atomic E-state index is -3.03. The van der Waals surface area contributed by atoms with E-state index in [1.807, 2.05) is 18.2 Å². The maximum Gasteiger partial charge on any atom is 0.211 e. The largest absolute Gasteiger partial charge is 0.301 e.